The molecule has 0 fully saturated rings. The second-order valence-electron chi connectivity index (χ2n) is 3.69. The van der Waals surface area contributed by atoms with Crippen molar-refractivity contribution in [3.8, 4) is 11.3 Å². The Balaban J connectivity index is 2.29. The summed E-state index contributed by atoms with van der Waals surface area (Å²) in [7, 11) is 0. The summed E-state index contributed by atoms with van der Waals surface area (Å²) in [6.45, 7) is 3.56. The van der Waals surface area contributed by atoms with Gasteiger partial charge in [0.2, 0.25) is 0 Å². The highest BCUT2D eigenvalue weighted by atomic mass is 79.9. The first-order chi connectivity index (χ1) is 8.22. The molecule has 1 aromatic heterocycles. The Hall–Kier alpha value is -1.13. The minimum Gasteiger partial charge on any atom is -0.463 e. The molecule has 4 heteroatoms. The zero-order valence-electron chi connectivity index (χ0n) is 9.47. The maximum atomic E-state index is 13.9. The van der Waals surface area contributed by atoms with Crippen LogP contribution in [0.25, 0.3) is 11.3 Å². The second kappa shape index (κ2) is 5.47. The molecule has 2 aromatic rings. The van der Waals surface area contributed by atoms with E-state index in [9.17, 15) is 4.39 Å². The van der Waals surface area contributed by atoms with Crippen molar-refractivity contribution in [3.63, 3.8) is 0 Å². The summed E-state index contributed by atoms with van der Waals surface area (Å²) in [5.74, 6) is 0.258. The van der Waals surface area contributed by atoms with E-state index in [2.05, 4.69) is 21.2 Å². The van der Waals surface area contributed by atoms with Gasteiger partial charge in [-0.1, -0.05) is 13.0 Å². The van der Waals surface area contributed by atoms with E-state index in [0.29, 0.717) is 17.9 Å². The molecule has 0 aliphatic rings. The first kappa shape index (κ1) is 12.3. The Morgan fingerprint density at radius 3 is 2.76 bits per heavy atom. The third-order valence-electron chi connectivity index (χ3n) is 2.47. The molecule has 2 rings (SSSR count). The Bertz CT molecular complexity index is 510. The van der Waals surface area contributed by atoms with Crippen molar-refractivity contribution in [2.45, 2.75) is 13.5 Å². The first-order valence-corrected chi connectivity index (χ1v) is 6.24. The molecular weight excluding hydrogens is 285 g/mol. The summed E-state index contributed by atoms with van der Waals surface area (Å²) in [5, 5.41) is 3.16. The summed E-state index contributed by atoms with van der Waals surface area (Å²) in [4.78, 5) is 0. The van der Waals surface area contributed by atoms with Crippen LogP contribution in [0.2, 0.25) is 0 Å². The lowest BCUT2D eigenvalue weighted by Crippen LogP contribution is -2.11. The SMILES string of the molecule is CCNCc1ccc(-c2occc2Br)c(F)c1. The zero-order chi connectivity index (χ0) is 12.3. The van der Waals surface area contributed by atoms with E-state index >= 15 is 0 Å². The fraction of sp³-hybridized carbons (Fsp3) is 0.231. The molecule has 2 nitrogen and oxygen atoms in total. The normalized spacial score (nSPS) is 10.8. The van der Waals surface area contributed by atoms with E-state index in [-0.39, 0.29) is 5.82 Å². The zero-order valence-corrected chi connectivity index (χ0v) is 11.1. The average Bonchev–Trinajstić information content (AvgIpc) is 2.73. The van der Waals surface area contributed by atoms with Crippen LogP contribution in [0.15, 0.2) is 39.4 Å². The van der Waals surface area contributed by atoms with E-state index in [1.54, 1.807) is 12.1 Å². The van der Waals surface area contributed by atoms with Gasteiger partial charge in [0.1, 0.15) is 5.82 Å². The summed E-state index contributed by atoms with van der Waals surface area (Å²) in [6.07, 6.45) is 1.53. The van der Waals surface area contributed by atoms with Gasteiger partial charge >= 0.3 is 0 Å². The molecule has 0 saturated heterocycles. The fourth-order valence-corrected chi connectivity index (χ4v) is 2.02. The molecule has 1 N–H and O–H groups in total. The molecule has 17 heavy (non-hydrogen) atoms. The number of hydrogen-bond acceptors (Lipinski definition) is 2. The minimum atomic E-state index is -0.268. The molecule has 1 aromatic carbocycles. The summed E-state index contributed by atoms with van der Waals surface area (Å²) in [6, 6.07) is 6.93. The number of benzene rings is 1. The van der Waals surface area contributed by atoms with Crippen LogP contribution in [0.3, 0.4) is 0 Å². The maximum absolute atomic E-state index is 13.9. The first-order valence-electron chi connectivity index (χ1n) is 5.45. The molecule has 0 aliphatic heterocycles. The van der Waals surface area contributed by atoms with Crippen molar-refractivity contribution in [2.75, 3.05) is 6.54 Å². The van der Waals surface area contributed by atoms with Gasteiger partial charge in [0.25, 0.3) is 0 Å². The van der Waals surface area contributed by atoms with Crippen LogP contribution in [0.4, 0.5) is 4.39 Å². The Morgan fingerprint density at radius 2 is 2.18 bits per heavy atom. The molecule has 0 aliphatic carbocycles. The highest BCUT2D eigenvalue weighted by Gasteiger charge is 2.12. The molecule has 0 saturated carbocycles. The van der Waals surface area contributed by atoms with Crippen molar-refractivity contribution in [2.24, 2.45) is 0 Å². The number of nitrogens with one attached hydrogen (secondary N) is 1. The van der Waals surface area contributed by atoms with Crippen LogP contribution in [-0.2, 0) is 6.54 Å². The van der Waals surface area contributed by atoms with Crippen molar-refractivity contribution in [1.29, 1.82) is 0 Å². The van der Waals surface area contributed by atoms with Gasteiger partial charge in [0.15, 0.2) is 5.76 Å². The van der Waals surface area contributed by atoms with Crippen LogP contribution >= 0.6 is 15.9 Å². The van der Waals surface area contributed by atoms with Gasteiger partial charge < -0.3 is 9.73 Å². The van der Waals surface area contributed by atoms with Crippen molar-refractivity contribution in [1.82, 2.24) is 5.32 Å². The smallest absolute Gasteiger partial charge is 0.150 e. The lowest BCUT2D eigenvalue weighted by molar-refractivity contribution is 0.567. The lowest BCUT2D eigenvalue weighted by Gasteiger charge is -2.05. The Kier molecular flexibility index (Phi) is 3.97. The van der Waals surface area contributed by atoms with Crippen molar-refractivity contribution < 1.29 is 8.81 Å². The molecule has 0 bridgehead atoms. The van der Waals surface area contributed by atoms with Crippen LogP contribution in [0, 0.1) is 5.82 Å². The topological polar surface area (TPSA) is 25.2 Å². The van der Waals surface area contributed by atoms with E-state index in [0.717, 1.165) is 16.6 Å². The molecular formula is C13H13BrFNO. The van der Waals surface area contributed by atoms with E-state index in [1.165, 1.54) is 12.3 Å². The third kappa shape index (κ3) is 2.76. The van der Waals surface area contributed by atoms with Crippen LogP contribution < -0.4 is 5.32 Å². The molecule has 0 atom stereocenters. The molecule has 0 spiro atoms. The van der Waals surface area contributed by atoms with E-state index in [4.69, 9.17) is 4.42 Å². The number of halogens is 2. The predicted octanol–water partition coefficient (Wildman–Crippen LogP) is 3.96. The largest absolute Gasteiger partial charge is 0.463 e. The molecule has 1 heterocycles. The number of furan rings is 1. The average molecular weight is 298 g/mol. The van der Waals surface area contributed by atoms with E-state index < -0.39 is 0 Å². The van der Waals surface area contributed by atoms with Crippen molar-refractivity contribution >= 4 is 15.9 Å². The van der Waals surface area contributed by atoms with Gasteiger partial charge in [-0.3, -0.25) is 0 Å². The van der Waals surface area contributed by atoms with Gasteiger partial charge in [-0.25, -0.2) is 4.39 Å². The van der Waals surface area contributed by atoms with Gasteiger partial charge in [-0.05, 0) is 46.2 Å². The fourth-order valence-electron chi connectivity index (χ4n) is 1.61. The van der Waals surface area contributed by atoms with Crippen LogP contribution in [0.5, 0.6) is 0 Å². The van der Waals surface area contributed by atoms with Crippen LogP contribution in [-0.4, -0.2) is 6.54 Å². The van der Waals surface area contributed by atoms with Gasteiger partial charge in [-0.15, -0.1) is 0 Å². The minimum absolute atomic E-state index is 0.268. The maximum Gasteiger partial charge on any atom is 0.150 e. The third-order valence-corrected chi connectivity index (χ3v) is 3.10. The van der Waals surface area contributed by atoms with Crippen LogP contribution in [0.1, 0.15) is 12.5 Å². The Morgan fingerprint density at radius 1 is 1.35 bits per heavy atom. The van der Waals surface area contributed by atoms with Gasteiger partial charge in [0, 0.05) is 6.54 Å². The summed E-state index contributed by atoms with van der Waals surface area (Å²) >= 11 is 3.32. The van der Waals surface area contributed by atoms with Gasteiger partial charge in [-0.2, -0.15) is 0 Å². The summed E-state index contributed by atoms with van der Waals surface area (Å²) < 4.78 is 19.9. The van der Waals surface area contributed by atoms with E-state index in [1.807, 2.05) is 13.0 Å². The monoisotopic (exact) mass is 297 g/mol. The highest BCUT2D eigenvalue weighted by molar-refractivity contribution is 9.10. The number of hydrogen-bond donors (Lipinski definition) is 1. The molecule has 0 radical (unpaired) electrons. The Labute approximate surface area is 108 Å². The molecule has 0 unspecified atom stereocenters. The molecule has 0 amide bonds. The molecule has 90 valence electrons. The second-order valence-corrected chi connectivity index (χ2v) is 4.55. The number of rotatable bonds is 4. The van der Waals surface area contributed by atoms with Gasteiger partial charge in [0.05, 0.1) is 16.3 Å². The lowest BCUT2D eigenvalue weighted by atomic mass is 10.1. The van der Waals surface area contributed by atoms with Crippen molar-refractivity contribution in [3.05, 3.63) is 46.4 Å². The standard InChI is InChI=1S/C13H13BrFNO/c1-2-16-8-9-3-4-10(12(15)7-9)13-11(14)5-6-17-13/h3-7,16H,2,8H2,1H3. The highest BCUT2D eigenvalue weighted by Crippen LogP contribution is 2.31. The summed E-state index contributed by atoms with van der Waals surface area (Å²) in [5.41, 5.74) is 1.40. The quantitative estimate of drug-likeness (QED) is 0.924. The predicted molar refractivity (Wildman–Crippen MR) is 69.2 cm³/mol.